The van der Waals surface area contributed by atoms with E-state index in [2.05, 4.69) is 17.7 Å². The molecule has 1 aliphatic carbocycles. The Morgan fingerprint density at radius 3 is 2.78 bits per heavy atom. The van der Waals surface area contributed by atoms with Gasteiger partial charge in [-0.25, -0.2) is 0 Å². The van der Waals surface area contributed by atoms with E-state index in [9.17, 15) is 4.79 Å². The highest BCUT2D eigenvalue weighted by atomic mass is 16.1. The Labute approximate surface area is 108 Å². The molecule has 0 spiro atoms. The van der Waals surface area contributed by atoms with Crippen molar-refractivity contribution < 1.29 is 4.79 Å². The van der Waals surface area contributed by atoms with Gasteiger partial charge in [0.25, 0.3) is 5.91 Å². The average Bonchev–Trinajstić information content (AvgIpc) is 2.74. The van der Waals surface area contributed by atoms with Crippen molar-refractivity contribution >= 4 is 11.6 Å². The molecule has 0 bridgehead atoms. The van der Waals surface area contributed by atoms with Gasteiger partial charge < -0.3 is 10.7 Å². The number of hydrogen-bond acceptors (Lipinski definition) is 3. The maximum Gasteiger partial charge on any atom is 0.253 e. The van der Waals surface area contributed by atoms with Crippen LogP contribution in [-0.2, 0) is 0 Å². The molecular formula is C14H21N3O. The first-order valence-corrected chi connectivity index (χ1v) is 6.48. The molecule has 1 aliphatic rings. The van der Waals surface area contributed by atoms with Crippen LogP contribution >= 0.6 is 0 Å². The Bertz CT molecular complexity index is 445. The van der Waals surface area contributed by atoms with Gasteiger partial charge in [-0.3, -0.25) is 10.6 Å². The second-order valence-corrected chi connectivity index (χ2v) is 5.28. The van der Waals surface area contributed by atoms with E-state index >= 15 is 0 Å². The lowest BCUT2D eigenvalue weighted by Gasteiger charge is -2.15. The number of anilines is 1. The Hall–Kier alpha value is -1.55. The maximum atomic E-state index is 12.2. The molecule has 0 aliphatic heterocycles. The molecule has 1 saturated carbocycles. The second-order valence-electron chi connectivity index (χ2n) is 5.28. The number of rotatable bonds is 3. The molecule has 4 heteroatoms. The predicted octanol–water partition coefficient (Wildman–Crippen LogP) is 2.20. The lowest BCUT2D eigenvalue weighted by molar-refractivity contribution is 0.0938. The van der Waals surface area contributed by atoms with Crippen LogP contribution in [0, 0.1) is 12.8 Å². The third kappa shape index (κ3) is 2.82. The molecule has 1 aromatic rings. The third-order valence-electron chi connectivity index (χ3n) is 3.61. The molecule has 4 nitrogen and oxygen atoms in total. The second kappa shape index (κ2) is 5.40. The number of aryl methyl sites for hydroxylation is 1. The summed E-state index contributed by atoms with van der Waals surface area (Å²) >= 11 is 0. The van der Waals surface area contributed by atoms with Crippen molar-refractivity contribution in [1.29, 1.82) is 0 Å². The van der Waals surface area contributed by atoms with Crippen LogP contribution in [0.3, 0.4) is 0 Å². The number of amides is 1. The minimum Gasteiger partial charge on any atom is -0.349 e. The number of carbonyl (C=O) groups is 1. The summed E-state index contributed by atoms with van der Waals surface area (Å²) in [7, 11) is 0. The number of hydrogen-bond donors (Lipinski definition) is 3. The first-order valence-electron chi connectivity index (χ1n) is 6.48. The van der Waals surface area contributed by atoms with E-state index < -0.39 is 0 Å². The number of nitrogens with two attached hydrogens (primary N) is 1. The van der Waals surface area contributed by atoms with Gasteiger partial charge in [-0.2, -0.15) is 0 Å². The lowest BCUT2D eigenvalue weighted by Crippen LogP contribution is -2.33. The Balaban J connectivity index is 2.10. The van der Waals surface area contributed by atoms with Gasteiger partial charge in [0.1, 0.15) is 0 Å². The molecule has 18 heavy (non-hydrogen) atoms. The molecular weight excluding hydrogens is 226 g/mol. The molecule has 0 saturated heterocycles. The molecule has 2 rings (SSSR count). The molecule has 0 radical (unpaired) electrons. The molecule has 2 atom stereocenters. The zero-order chi connectivity index (χ0) is 13.1. The van der Waals surface area contributed by atoms with Crippen molar-refractivity contribution in [2.24, 2.45) is 11.8 Å². The lowest BCUT2D eigenvalue weighted by atomic mass is 10.1. The molecule has 1 fully saturated rings. The highest BCUT2D eigenvalue weighted by molar-refractivity contribution is 5.99. The number of hydrazine groups is 1. The summed E-state index contributed by atoms with van der Waals surface area (Å²) in [6.45, 7) is 4.19. The first-order chi connectivity index (χ1) is 8.60. The fraction of sp³-hybridized carbons (Fsp3) is 0.500. The van der Waals surface area contributed by atoms with E-state index in [1.165, 1.54) is 6.42 Å². The summed E-state index contributed by atoms with van der Waals surface area (Å²) < 4.78 is 0. The molecule has 4 N–H and O–H groups in total. The minimum atomic E-state index is -0.0363. The largest absolute Gasteiger partial charge is 0.349 e. The van der Waals surface area contributed by atoms with E-state index in [1.807, 2.05) is 25.1 Å². The van der Waals surface area contributed by atoms with Crippen LogP contribution in [0.1, 0.15) is 42.1 Å². The standard InChI is InChI=1S/C14H21N3O/c1-9-3-5-11(7-9)16-14(18)12-8-10(2)4-6-13(12)17-15/h4,6,8-9,11,17H,3,5,7,15H2,1-2H3,(H,16,18). The normalized spacial score (nSPS) is 22.8. The van der Waals surface area contributed by atoms with Crippen molar-refractivity contribution in [3.05, 3.63) is 29.3 Å². The monoisotopic (exact) mass is 247 g/mol. The quantitative estimate of drug-likeness (QED) is 0.566. The van der Waals surface area contributed by atoms with Crippen LogP contribution in [0.25, 0.3) is 0 Å². The minimum absolute atomic E-state index is 0.0363. The highest BCUT2D eigenvalue weighted by Crippen LogP contribution is 2.25. The highest BCUT2D eigenvalue weighted by Gasteiger charge is 2.23. The smallest absolute Gasteiger partial charge is 0.253 e. The van der Waals surface area contributed by atoms with Gasteiger partial charge in [-0.1, -0.05) is 18.6 Å². The number of carbonyl (C=O) groups excluding carboxylic acids is 1. The first kappa shape index (κ1) is 12.9. The molecule has 0 aromatic heterocycles. The molecule has 1 amide bonds. The zero-order valence-corrected chi connectivity index (χ0v) is 11.0. The van der Waals surface area contributed by atoms with Crippen molar-refractivity contribution in [3.8, 4) is 0 Å². The Kier molecular flexibility index (Phi) is 3.87. The molecule has 0 heterocycles. The van der Waals surface area contributed by atoms with E-state index in [0.29, 0.717) is 23.2 Å². The van der Waals surface area contributed by atoms with Crippen molar-refractivity contribution in [2.45, 2.75) is 39.2 Å². The van der Waals surface area contributed by atoms with Gasteiger partial charge in [0.15, 0.2) is 0 Å². The summed E-state index contributed by atoms with van der Waals surface area (Å²) in [5.41, 5.74) is 4.92. The summed E-state index contributed by atoms with van der Waals surface area (Å²) in [6, 6.07) is 5.94. The molecule has 98 valence electrons. The van der Waals surface area contributed by atoms with Gasteiger partial charge in [0.2, 0.25) is 0 Å². The van der Waals surface area contributed by atoms with Crippen molar-refractivity contribution in [2.75, 3.05) is 5.43 Å². The Morgan fingerprint density at radius 2 is 2.17 bits per heavy atom. The van der Waals surface area contributed by atoms with Crippen LogP contribution in [-0.4, -0.2) is 11.9 Å². The van der Waals surface area contributed by atoms with Crippen LogP contribution in [0.2, 0.25) is 0 Å². The summed E-state index contributed by atoms with van der Waals surface area (Å²) in [4.78, 5) is 12.2. The van der Waals surface area contributed by atoms with Crippen LogP contribution in [0.5, 0.6) is 0 Å². The number of nitrogen functional groups attached to an aromatic ring is 1. The van der Waals surface area contributed by atoms with Crippen LogP contribution in [0.15, 0.2) is 18.2 Å². The summed E-state index contributed by atoms with van der Waals surface area (Å²) in [6.07, 6.45) is 3.34. The van der Waals surface area contributed by atoms with E-state index in [0.717, 1.165) is 18.4 Å². The Morgan fingerprint density at radius 1 is 1.39 bits per heavy atom. The van der Waals surface area contributed by atoms with Gasteiger partial charge >= 0.3 is 0 Å². The molecule has 1 aromatic carbocycles. The molecule has 2 unspecified atom stereocenters. The number of nitrogens with one attached hydrogen (secondary N) is 2. The predicted molar refractivity (Wildman–Crippen MR) is 73.3 cm³/mol. The zero-order valence-electron chi connectivity index (χ0n) is 11.0. The average molecular weight is 247 g/mol. The van der Waals surface area contributed by atoms with E-state index in [-0.39, 0.29) is 5.91 Å². The maximum absolute atomic E-state index is 12.2. The van der Waals surface area contributed by atoms with Crippen LogP contribution in [0.4, 0.5) is 5.69 Å². The topological polar surface area (TPSA) is 67.1 Å². The van der Waals surface area contributed by atoms with Gasteiger partial charge in [-0.05, 0) is 44.2 Å². The van der Waals surface area contributed by atoms with E-state index in [1.54, 1.807) is 0 Å². The van der Waals surface area contributed by atoms with Gasteiger partial charge in [-0.15, -0.1) is 0 Å². The summed E-state index contributed by atoms with van der Waals surface area (Å²) in [5, 5.41) is 3.09. The fourth-order valence-electron chi connectivity index (χ4n) is 2.57. The SMILES string of the molecule is Cc1ccc(NN)c(C(=O)NC2CCC(C)C2)c1. The fourth-order valence-corrected chi connectivity index (χ4v) is 2.57. The summed E-state index contributed by atoms with van der Waals surface area (Å²) in [5.74, 6) is 6.11. The van der Waals surface area contributed by atoms with E-state index in [4.69, 9.17) is 5.84 Å². The number of benzene rings is 1. The van der Waals surface area contributed by atoms with Gasteiger partial charge in [0, 0.05) is 6.04 Å². The van der Waals surface area contributed by atoms with Gasteiger partial charge in [0.05, 0.1) is 11.3 Å². The van der Waals surface area contributed by atoms with Crippen molar-refractivity contribution in [1.82, 2.24) is 5.32 Å². The van der Waals surface area contributed by atoms with Crippen molar-refractivity contribution in [3.63, 3.8) is 0 Å². The van der Waals surface area contributed by atoms with Crippen LogP contribution < -0.4 is 16.6 Å². The third-order valence-corrected chi connectivity index (χ3v) is 3.61.